The summed E-state index contributed by atoms with van der Waals surface area (Å²) in [5, 5.41) is 7.31. The molecule has 4 nitrogen and oxygen atoms in total. The van der Waals surface area contributed by atoms with Gasteiger partial charge in [0.15, 0.2) is 0 Å². The predicted octanol–water partition coefficient (Wildman–Crippen LogP) is 6.38. The van der Waals surface area contributed by atoms with E-state index in [4.69, 9.17) is 4.52 Å². The summed E-state index contributed by atoms with van der Waals surface area (Å²) >= 11 is 0. The van der Waals surface area contributed by atoms with E-state index in [9.17, 15) is 4.79 Å². The van der Waals surface area contributed by atoms with Crippen LogP contribution in [-0.2, 0) is 12.8 Å². The van der Waals surface area contributed by atoms with Crippen molar-refractivity contribution in [1.29, 1.82) is 0 Å². The quantitative estimate of drug-likeness (QED) is 0.525. The average molecular weight is 417 g/mol. The molecule has 2 aromatic carbocycles. The molecule has 1 aromatic heterocycles. The van der Waals surface area contributed by atoms with Crippen molar-refractivity contribution in [3.8, 4) is 22.4 Å². The first-order valence-electron chi connectivity index (χ1n) is 11.4. The van der Waals surface area contributed by atoms with Gasteiger partial charge in [0.2, 0.25) is 5.76 Å². The maximum absolute atomic E-state index is 12.8. The van der Waals surface area contributed by atoms with E-state index < -0.39 is 0 Å². The lowest BCUT2D eigenvalue weighted by Crippen LogP contribution is -2.22. The fourth-order valence-electron chi connectivity index (χ4n) is 4.77. The normalized spacial score (nSPS) is 13.4. The highest BCUT2D eigenvalue weighted by Crippen LogP contribution is 2.39. The first kappa shape index (κ1) is 21.4. The minimum Gasteiger partial charge on any atom is -0.350 e. The second kappa shape index (κ2) is 8.70. The highest BCUT2D eigenvalue weighted by atomic mass is 16.5. The van der Waals surface area contributed by atoms with Crippen molar-refractivity contribution >= 4 is 5.91 Å². The number of carbonyl (C=O) groups is 1. The summed E-state index contributed by atoms with van der Waals surface area (Å²) in [6, 6.07) is 11.0. The molecule has 0 unspecified atom stereocenters. The van der Waals surface area contributed by atoms with Crippen molar-refractivity contribution in [2.24, 2.45) is 0 Å². The number of amides is 1. The lowest BCUT2D eigenvalue weighted by molar-refractivity contribution is 0.0920. The van der Waals surface area contributed by atoms with Crippen LogP contribution in [0.2, 0.25) is 0 Å². The molecule has 0 saturated carbocycles. The van der Waals surface area contributed by atoms with E-state index in [2.05, 4.69) is 68.5 Å². The van der Waals surface area contributed by atoms with Crippen LogP contribution in [-0.4, -0.2) is 17.6 Å². The largest absolute Gasteiger partial charge is 0.350 e. The van der Waals surface area contributed by atoms with Gasteiger partial charge in [-0.15, -0.1) is 0 Å². The van der Waals surface area contributed by atoms with Gasteiger partial charge in [0.25, 0.3) is 5.91 Å². The van der Waals surface area contributed by atoms with E-state index >= 15 is 0 Å². The van der Waals surface area contributed by atoms with Gasteiger partial charge in [0.05, 0.1) is 5.56 Å². The number of benzene rings is 2. The minimum atomic E-state index is -0.220. The zero-order chi connectivity index (χ0) is 22.1. The fourth-order valence-corrected chi connectivity index (χ4v) is 4.77. The molecule has 1 amide bonds. The standard InChI is InChI=1S/C27H32N2O2/c1-6-28-27(30)26-24(21-12-11-19-9-7-8-10-20(19)14-21)25(29-31-26)23-15-22(16(2)3)17(4)13-18(23)5/h11-16H,6-10H2,1-5H3,(H,28,30). The number of nitrogens with one attached hydrogen (secondary N) is 1. The number of aryl methyl sites for hydroxylation is 4. The fraction of sp³-hybridized carbons (Fsp3) is 0.407. The highest BCUT2D eigenvalue weighted by Gasteiger charge is 2.26. The molecule has 1 heterocycles. The molecule has 4 rings (SSSR count). The van der Waals surface area contributed by atoms with Crippen LogP contribution in [0.5, 0.6) is 0 Å². The van der Waals surface area contributed by atoms with Gasteiger partial charge in [0.1, 0.15) is 5.69 Å². The van der Waals surface area contributed by atoms with E-state index in [-0.39, 0.29) is 5.91 Å². The summed E-state index contributed by atoms with van der Waals surface area (Å²) in [6.45, 7) is 11.1. The van der Waals surface area contributed by atoms with Crippen molar-refractivity contribution in [1.82, 2.24) is 10.5 Å². The molecule has 1 aliphatic carbocycles. The van der Waals surface area contributed by atoms with Crippen LogP contribution in [0.15, 0.2) is 34.9 Å². The molecule has 0 aliphatic heterocycles. The monoisotopic (exact) mass is 416 g/mol. The van der Waals surface area contributed by atoms with Crippen LogP contribution in [0.4, 0.5) is 0 Å². The van der Waals surface area contributed by atoms with E-state index in [1.54, 1.807) is 0 Å². The van der Waals surface area contributed by atoms with Crippen molar-refractivity contribution < 1.29 is 9.32 Å². The molecule has 0 spiro atoms. The highest BCUT2D eigenvalue weighted by molar-refractivity contribution is 6.02. The van der Waals surface area contributed by atoms with Crippen LogP contribution in [0.25, 0.3) is 22.4 Å². The zero-order valence-corrected chi connectivity index (χ0v) is 19.3. The Morgan fingerprint density at radius 3 is 2.52 bits per heavy atom. The smallest absolute Gasteiger partial charge is 0.290 e. The number of nitrogens with zero attached hydrogens (tertiary/aromatic N) is 1. The maximum atomic E-state index is 12.8. The third-order valence-electron chi connectivity index (χ3n) is 6.36. The van der Waals surface area contributed by atoms with Gasteiger partial charge in [-0.2, -0.15) is 0 Å². The summed E-state index contributed by atoms with van der Waals surface area (Å²) in [6.07, 6.45) is 4.67. The first-order valence-corrected chi connectivity index (χ1v) is 11.4. The Kier molecular flexibility index (Phi) is 5.99. The number of carbonyl (C=O) groups excluding carboxylic acids is 1. The number of aromatic nitrogens is 1. The molecule has 0 bridgehead atoms. The first-order chi connectivity index (χ1) is 14.9. The Balaban J connectivity index is 1.93. The molecule has 1 aliphatic rings. The molecule has 0 radical (unpaired) electrons. The van der Waals surface area contributed by atoms with Crippen LogP contribution < -0.4 is 5.32 Å². The molecule has 31 heavy (non-hydrogen) atoms. The Morgan fingerprint density at radius 1 is 1.06 bits per heavy atom. The molecule has 0 fully saturated rings. The van der Waals surface area contributed by atoms with E-state index in [0.29, 0.717) is 18.2 Å². The van der Waals surface area contributed by atoms with Crippen LogP contribution in [0.3, 0.4) is 0 Å². The van der Waals surface area contributed by atoms with Gasteiger partial charge in [0, 0.05) is 12.1 Å². The number of hydrogen-bond acceptors (Lipinski definition) is 3. The number of fused-ring (bicyclic) bond motifs is 1. The van der Waals surface area contributed by atoms with Crippen molar-refractivity contribution in [3.05, 3.63) is 63.9 Å². The van der Waals surface area contributed by atoms with Crippen LogP contribution in [0, 0.1) is 13.8 Å². The Morgan fingerprint density at radius 2 is 1.81 bits per heavy atom. The third kappa shape index (κ3) is 4.04. The Hall–Kier alpha value is -2.88. The summed E-state index contributed by atoms with van der Waals surface area (Å²) < 4.78 is 5.69. The SMILES string of the molecule is CCNC(=O)c1onc(-c2cc(C(C)C)c(C)cc2C)c1-c1ccc2c(c1)CCCC2. The summed E-state index contributed by atoms with van der Waals surface area (Å²) in [4.78, 5) is 12.8. The van der Waals surface area contributed by atoms with Gasteiger partial charge >= 0.3 is 0 Å². The second-order valence-electron chi connectivity index (χ2n) is 8.96. The molecule has 4 heteroatoms. The molecular formula is C27H32N2O2. The molecule has 162 valence electrons. The van der Waals surface area contributed by atoms with Gasteiger partial charge < -0.3 is 9.84 Å². The summed E-state index contributed by atoms with van der Waals surface area (Å²) in [7, 11) is 0. The van der Waals surface area contributed by atoms with Crippen molar-refractivity contribution in [2.75, 3.05) is 6.54 Å². The van der Waals surface area contributed by atoms with Crippen molar-refractivity contribution in [2.45, 2.75) is 66.2 Å². The lowest BCUT2D eigenvalue weighted by Gasteiger charge is -2.17. The average Bonchev–Trinajstić information content (AvgIpc) is 3.18. The zero-order valence-electron chi connectivity index (χ0n) is 19.3. The summed E-state index contributed by atoms with van der Waals surface area (Å²) in [5.74, 6) is 0.475. The topological polar surface area (TPSA) is 55.1 Å². The van der Waals surface area contributed by atoms with Gasteiger partial charge in [-0.25, -0.2) is 0 Å². The van der Waals surface area contributed by atoms with Crippen LogP contribution in [0.1, 0.15) is 77.9 Å². The minimum absolute atomic E-state index is 0.220. The molecule has 0 saturated heterocycles. The second-order valence-corrected chi connectivity index (χ2v) is 8.96. The molecular weight excluding hydrogens is 384 g/mol. The van der Waals surface area contributed by atoms with Crippen LogP contribution >= 0.6 is 0 Å². The molecule has 1 N–H and O–H groups in total. The van der Waals surface area contributed by atoms with Gasteiger partial charge in [-0.05, 0) is 91.8 Å². The van der Waals surface area contributed by atoms with Gasteiger partial charge in [-0.3, -0.25) is 4.79 Å². The molecule has 0 atom stereocenters. The van der Waals surface area contributed by atoms with Gasteiger partial charge in [-0.1, -0.05) is 43.3 Å². The maximum Gasteiger partial charge on any atom is 0.290 e. The van der Waals surface area contributed by atoms with E-state index in [1.807, 2.05) is 6.92 Å². The number of rotatable bonds is 5. The predicted molar refractivity (Wildman–Crippen MR) is 126 cm³/mol. The number of hydrogen-bond donors (Lipinski definition) is 1. The lowest BCUT2D eigenvalue weighted by atomic mass is 9.87. The van der Waals surface area contributed by atoms with Crippen molar-refractivity contribution in [3.63, 3.8) is 0 Å². The summed E-state index contributed by atoms with van der Waals surface area (Å²) in [5.41, 5.74) is 10.1. The third-order valence-corrected chi connectivity index (χ3v) is 6.36. The Labute approximate surface area is 185 Å². The molecule has 3 aromatic rings. The van der Waals surface area contributed by atoms with E-state index in [0.717, 1.165) is 40.8 Å². The van der Waals surface area contributed by atoms with E-state index in [1.165, 1.54) is 35.1 Å². The Bertz CT molecular complexity index is 1120.